The minimum atomic E-state index is -1.50. The van der Waals surface area contributed by atoms with E-state index in [0.717, 1.165) is 18.8 Å². The lowest BCUT2D eigenvalue weighted by Gasteiger charge is -2.14. The second kappa shape index (κ2) is 10.9. The highest BCUT2D eigenvalue weighted by atomic mass is 16.7. The molecular weight excluding hydrogens is 288 g/mol. The lowest BCUT2D eigenvalue weighted by atomic mass is 10.2. The Morgan fingerprint density at radius 2 is 1.67 bits per heavy atom. The van der Waals surface area contributed by atoms with E-state index in [0.29, 0.717) is 0 Å². The van der Waals surface area contributed by atoms with Gasteiger partial charge in [0.05, 0.1) is 18.8 Å². The molecule has 0 aromatic heterocycles. The molecule has 0 radical (unpaired) electrons. The summed E-state index contributed by atoms with van der Waals surface area (Å²) in [4.78, 5) is 32.2. The summed E-state index contributed by atoms with van der Waals surface area (Å²) in [5, 5.41) is 8.24. The van der Waals surface area contributed by atoms with Crippen LogP contribution in [0, 0.1) is 0 Å². The van der Waals surface area contributed by atoms with Gasteiger partial charge in [0, 0.05) is 6.42 Å². The lowest BCUT2D eigenvalue weighted by molar-refractivity contribution is 0.00246. The van der Waals surface area contributed by atoms with Gasteiger partial charge < -0.3 is 28.8 Å². The zero-order valence-electron chi connectivity index (χ0n) is 10.9. The largest absolute Gasteiger partial charge is 0.513 e. The maximum Gasteiger partial charge on any atom is 0.513 e. The topological polar surface area (TPSA) is 118 Å². The molecule has 0 rings (SSSR count). The predicted molar refractivity (Wildman–Crippen MR) is 67.0 cm³/mol. The summed E-state index contributed by atoms with van der Waals surface area (Å²) in [7, 11) is 0. The number of hydrogen-bond acceptors (Lipinski definition) is 8. The molecule has 1 N–H and O–H groups in total. The standard InChI is InChI=1S/C12H14O9/c1-3-17-11(15)20-8-9(21-12(16)18-4-2)6-5-7-19-10(13)14/h3-5,7,9H,1-2,6,8H2,(H,13,14). The summed E-state index contributed by atoms with van der Waals surface area (Å²) in [5.41, 5.74) is 0. The van der Waals surface area contributed by atoms with Gasteiger partial charge in [0.15, 0.2) is 0 Å². The average molecular weight is 302 g/mol. The molecule has 1 unspecified atom stereocenters. The number of carbonyl (C=O) groups excluding carboxylic acids is 2. The van der Waals surface area contributed by atoms with E-state index in [2.05, 4.69) is 32.1 Å². The van der Waals surface area contributed by atoms with Crippen LogP contribution in [0.15, 0.2) is 38.0 Å². The molecule has 0 saturated heterocycles. The molecule has 0 aromatic carbocycles. The maximum atomic E-state index is 11.1. The maximum absolute atomic E-state index is 11.1. The smallest absolute Gasteiger partial charge is 0.449 e. The molecule has 0 heterocycles. The van der Waals surface area contributed by atoms with Crippen molar-refractivity contribution in [3.05, 3.63) is 38.0 Å². The van der Waals surface area contributed by atoms with Crippen LogP contribution in [-0.4, -0.2) is 36.3 Å². The molecule has 1 atom stereocenters. The third-order valence-electron chi connectivity index (χ3n) is 1.67. The molecule has 9 nitrogen and oxygen atoms in total. The van der Waals surface area contributed by atoms with Crippen LogP contribution in [0.25, 0.3) is 0 Å². The van der Waals surface area contributed by atoms with E-state index in [1.165, 1.54) is 6.08 Å². The van der Waals surface area contributed by atoms with Crippen molar-refractivity contribution >= 4 is 18.5 Å². The van der Waals surface area contributed by atoms with Gasteiger partial charge in [0.2, 0.25) is 0 Å². The van der Waals surface area contributed by atoms with Gasteiger partial charge in [-0.15, -0.1) is 0 Å². The second-order valence-corrected chi connectivity index (χ2v) is 3.11. The minimum absolute atomic E-state index is 0.000885. The van der Waals surface area contributed by atoms with Gasteiger partial charge in [-0.3, -0.25) is 0 Å². The first kappa shape index (κ1) is 18.0. The summed E-state index contributed by atoms with van der Waals surface area (Å²) in [5.74, 6) is 0. The Labute approximate surface area is 120 Å². The molecular formula is C12H14O9. The van der Waals surface area contributed by atoms with Crippen molar-refractivity contribution in [1.82, 2.24) is 0 Å². The predicted octanol–water partition coefficient (Wildman–Crippen LogP) is 2.55. The van der Waals surface area contributed by atoms with Crippen molar-refractivity contribution in [2.24, 2.45) is 0 Å². The monoisotopic (exact) mass is 302 g/mol. The highest BCUT2D eigenvalue weighted by Crippen LogP contribution is 2.05. The van der Waals surface area contributed by atoms with E-state index in [9.17, 15) is 14.4 Å². The van der Waals surface area contributed by atoms with Gasteiger partial charge in [0.25, 0.3) is 0 Å². The highest BCUT2D eigenvalue weighted by molar-refractivity contribution is 5.61. The van der Waals surface area contributed by atoms with Crippen LogP contribution in [0.1, 0.15) is 6.42 Å². The fourth-order valence-corrected chi connectivity index (χ4v) is 0.959. The van der Waals surface area contributed by atoms with Crippen molar-refractivity contribution in [2.75, 3.05) is 6.61 Å². The molecule has 0 aliphatic heterocycles. The number of rotatable bonds is 8. The molecule has 0 bridgehead atoms. The van der Waals surface area contributed by atoms with Gasteiger partial charge in [-0.25, -0.2) is 14.4 Å². The third kappa shape index (κ3) is 10.6. The SMILES string of the molecule is C=COC(=O)OCC(CC=COC(=O)O)OC(=O)OC=C. The van der Waals surface area contributed by atoms with E-state index < -0.39 is 24.6 Å². The third-order valence-corrected chi connectivity index (χ3v) is 1.67. The molecule has 0 aromatic rings. The summed E-state index contributed by atoms with van der Waals surface area (Å²) < 4.78 is 22.1. The van der Waals surface area contributed by atoms with Crippen molar-refractivity contribution < 1.29 is 43.2 Å². The van der Waals surface area contributed by atoms with Crippen molar-refractivity contribution in [3.63, 3.8) is 0 Å². The Morgan fingerprint density at radius 1 is 1.05 bits per heavy atom. The second-order valence-electron chi connectivity index (χ2n) is 3.11. The van der Waals surface area contributed by atoms with Gasteiger partial charge in [-0.05, 0) is 6.08 Å². The van der Waals surface area contributed by atoms with E-state index >= 15 is 0 Å². The van der Waals surface area contributed by atoms with Crippen LogP contribution >= 0.6 is 0 Å². The Bertz CT molecular complexity index is 413. The van der Waals surface area contributed by atoms with Crippen LogP contribution in [0.3, 0.4) is 0 Å². The Balaban J connectivity index is 4.38. The summed E-state index contributed by atoms with van der Waals surface area (Å²) in [6.07, 6.45) is -0.697. The molecule has 0 fully saturated rings. The average Bonchev–Trinajstić information content (AvgIpc) is 2.41. The Morgan fingerprint density at radius 3 is 2.24 bits per heavy atom. The zero-order chi connectivity index (χ0) is 16.1. The van der Waals surface area contributed by atoms with Crippen LogP contribution in [0.5, 0.6) is 0 Å². The highest BCUT2D eigenvalue weighted by Gasteiger charge is 2.17. The van der Waals surface area contributed by atoms with Crippen LogP contribution < -0.4 is 0 Å². The first-order valence-corrected chi connectivity index (χ1v) is 5.46. The quantitative estimate of drug-likeness (QED) is 0.410. The summed E-state index contributed by atoms with van der Waals surface area (Å²) in [6, 6.07) is 0. The van der Waals surface area contributed by atoms with Gasteiger partial charge in [-0.1, -0.05) is 13.2 Å². The fourth-order valence-electron chi connectivity index (χ4n) is 0.959. The van der Waals surface area contributed by atoms with Crippen molar-refractivity contribution in [2.45, 2.75) is 12.5 Å². The number of ether oxygens (including phenoxy) is 5. The van der Waals surface area contributed by atoms with Crippen molar-refractivity contribution in [3.8, 4) is 0 Å². The molecule has 116 valence electrons. The lowest BCUT2D eigenvalue weighted by Crippen LogP contribution is -2.24. The zero-order valence-corrected chi connectivity index (χ0v) is 10.9. The molecule has 0 amide bonds. The normalized spacial score (nSPS) is 11.0. The van der Waals surface area contributed by atoms with Crippen molar-refractivity contribution in [1.29, 1.82) is 0 Å². The van der Waals surface area contributed by atoms with Crippen LogP contribution in [0.2, 0.25) is 0 Å². The summed E-state index contributed by atoms with van der Waals surface area (Å²) in [6.45, 7) is 5.97. The van der Waals surface area contributed by atoms with Gasteiger partial charge in [-0.2, -0.15) is 0 Å². The number of carbonyl (C=O) groups is 3. The number of carboxylic acid groups (broad SMARTS) is 1. The van der Waals surface area contributed by atoms with E-state index in [4.69, 9.17) is 9.84 Å². The molecule has 9 heteroatoms. The first-order valence-electron chi connectivity index (χ1n) is 5.46. The Hall–Kier alpha value is -2.97. The molecule has 0 aliphatic rings. The molecule has 0 spiro atoms. The van der Waals surface area contributed by atoms with Gasteiger partial charge in [0.1, 0.15) is 12.7 Å². The van der Waals surface area contributed by atoms with Gasteiger partial charge >= 0.3 is 18.5 Å². The minimum Gasteiger partial charge on any atom is -0.449 e. The molecule has 21 heavy (non-hydrogen) atoms. The Kier molecular flexibility index (Phi) is 9.36. The summed E-state index contributed by atoms with van der Waals surface area (Å²) >= 11 is 0. The first-order chi connectivity index (χ1) is 9.99. The van der Waals surface area contributed by atoms with E-state index in [1.807, 2.05) is 0 Å². The van der Waals surface area contributed by atoms with E-state index in [-0.39, 0.29) is 13.0 Å². The fraction of sp³-hybridized carbons (Fsp3) is 0.250. The van der Waals surface area contributed by atoms with Crippen LogP contribution in [-0.2, 0) is 23.7 Å². The van der Waals surface area contributed by atoms with Crippen LogP contribution in [0.4, 0.5) is 14.4 Å². The molecule has 0 aliphatic carbocycles. The number of hydrogen-bond donors (Lipinski definition) is 1. The van der Waals surface area contributed by atoms with E-state index in [1.54, 1.807) is 0 Å². The molecule has 0 saturated carbocycles.